The number of hydrogen-bond acceptors (Lipinski definition) is 1. The van der Waals surface area contributed by atoms with Gasteiger partial charge in [0.1, 0.15) is 5.76 Å². The molecule has 1 aromatic carbocycles. The average Bonchev–Trinajstić information content (AvgIpc) is 2.53. The van der Waals surface area contributed by atoms with Crippen LogP contribution in [0.3, 0.4) is 0 Å². The summed E-state index contributed by atoms with van der Waals surface area (Å²) in [6.45, 7) is 2.04. The third-order valence-electron chi connectivity index (χ3n) is 1.84. The number of furan rings is 1. The molecular weight excluding hydrogens is 148 g/mol. The molecule has 0 aliphatic rings. The molecule has 12 heavy (non-hydrogen) atoms. The van der Waals surface area contributed by atoms with Crippen LogP contribution in [0.25, 0.3) is 11.3 Å². The van der Waals surface area contributed by atoms with Gasteiger partial charge in [0.05, 0.1) is 6.26 Å². The van der Waals surface area contributed by atoms with E-state index >= 15 is 0 Å². The van der Waals surface area contributed by atoms with E-state index in [1.165, 1.54) is 5.56 Å². The predicted octanol–water partition coefficient (Wildman–Crippen LogP) is 3.06. The Morgan fingerprint density at radius 3 is 2.50 bits per heavy atom. The summed E-state index contributed by atoms with van der Waals surface area (Å²) in [4.78, 5) is 0. The van der Waals surface area contributed by atoms with Crippen LogP contribution in [-0.4, -0.2) is 0 Å². The maximum absolute atomic E-state index is 5.34. The maximum Gasteiger partial charge on any atom is 0.136 e. The van der Waals surface area contributed by atoms with Gasteiger partial charge >= 0.3 is 0 Å². The first-order valence-electron chi connectivity index (χ1n) is 3.88. The summed E-state index contributed by atoms with van der Waals surface area (Å²) >= 11 is 0. The van der Waals surface area contributed by atoms with E-state index in [0.717, 1.165) is 11.3 Å². The molecule has 0 bridgehead atoms. The molecule has 0 fully saturated rings. The Balaban J connectivity index is 2.51. The van der Waals surface area contributed by atoms with E-state index in [1.807, 2.05) is 37.3 Å². The van der Waals surface area contributed by atoms with Crippen molar-refractivity contribution in [3.8, 4) is 11.3 Å². The summed E-state index contributed by atoms with van der Waals surface area (Å²) in [5.41, 5.74) is 2.28. The standard InChI is InChI=1S/C11H9O/c1-9-7-8-12-11(9)10-5-3-2-4-6-10/h3-8H,1H3. The fraction of sp³-hybridized carbons (Fsp3) is 0.0909. The van der Waals surface area contributed by atoms with E-state index in [4.69, 9.17) is 4.42 Å². The summed E-state index contributed by atoms with van der Waals surface area (Å²) in [6.07, 6.45) is 1.71. The molecule has 0 amide bonds. The third kappa shape index (κ3) is 1.14. The summed E-state index contributed by atoms with van der Waals surface area (Å²) in [7, 11) is 0. The second kappa shape index (κ2) is 2.86. The molecule has 0 aliphatic heterocycles. The van der Waals surface area contributed by atoms with E-state index in [9.17, 15) is 0 Å². The van der Waals surface area contributed by atoms with Gasteiger partial charge in [0.15, 0.2) is 0 Å². The molecule has 0 saturated carbocycles. The zero-order valence-electron chi connectivity index (χ0n) is 6.87. The van der Waals surface area contributed by atoms with Crippen molar-refractivity contribution in [3.63, 3.8) is 0 Å². The van der Waals surface area contributed by atoms with Crippen molar-refractivity contribution < 1.29 is 4.42 Å². The lowest BCUT2D eigenvalue weighted by molar-refractivity contribution is 0.581. The van der Waals surface area contributed by atoms with Crippen LogP contribution < -0.4 is 0 Å². The highest BCUT2D eigenvalue weighted by Gasteiger charge is 2.02. The molecule has 1 aromatic heterocycles. The van der Waals surface area contributed by atoms with E-state index in [-0.39, 0.29) is 0 Å². The zero-order valence-corrected chi connectivity index (χ0v) is 6.87. The number of benzene rings is 1. The van der Waals surface area contributed by atoms with Crippen LogP contribution in [0.5, 0.6) is 0 Å². The van der Waals surface area contributed by atoms with Gasteiger partial charge in [-0.3, -0.25) is 0 Å². The molecule has 1 radical (unpaired) electrons. The minimum Gasteiger partial charge on any atom is -0.464 e. The lowest BCUT2D eigenvalue weighted by Crippen LogP contribution is -1.74. The first-order chi connectivity index (χ1) is 5.88. The smallest absolute Gasteiger partial charge is 0.136 e. The quantitative estimate of drug-likeness (QED) is 0.620. The van der Waals surface area contributed by atoms with Crippen molar-refractivity contribution in [2.75, 3.05) is 0 Å². The SMILES string of the molecule is Cc1ccoc1-c1cc[c]cc1. The number of rotatable bonds is 1. The molecule has 1 nitrogen and oxygen atoms in total. The first-order valence-corrected chi connectivity index (χ1v) is 3.88. The van der Waals surface area contributed by atoms with Crippen molar-refractivity contribution in [3.05, 3.63) is 48.2 Å². The molecular formula is C11H9O. The van der Waals surface area contributed by atoms with Crippen LogP contribution in [-0.2, 0) is 0 Å². The van der Waals surface area contributed by atoms with Gasteiger partial charge in [-0.15, -0.1) is 0 Å². The van der Waals surface area contributed by atoms with Crippen LogP contribution in [0.1, 0.15) is 5.56 Å². The van der Waals surface area contributed by atoms with E-state index in [1.54, 1.807) is 6.26 Å². The Labute approximate surface area is 71.6 Å². The highest BCUT2D eigenvalue weighted by molar-refractivity contribution is 5.60. The van der Waals surface area contributed by atoms with Crippen molar-refractivity contribution in [1.29, 1.82) is 0 Å². The first kappa shape index (κ1) is 7.17. The summed E-state index contributed by atoms with van der Waals surface area (Å²) in [5.74, 6) is 0.948. The minimum absolute atomic E-state index is 0.948. The zero-order chi connectivity index (χ0) is 8.39. The molecule has 2 aromatic rings. The van der Waals surface area contributed by atoms with Gasteiger partial charge in [-0.05, 0) is 24.6 Å². The summed E-state index contributed by atoms with van der Waals surface area (Å²) < 4.78 is 5.34. The molecule has 0 atom stereocenters. The maximum atomic E-state index is 5.34. The highest BCUT2D eigenvalue weighted by atomic mass is 16.3. The lowest BCUT2D eigenvalue weighted by atomic mass is 10.1. The number of hydrogen-bond donors (Lipinski definition) is 0. The van der Waals surface area contributed by atoms with Gasteiger partial charge in [0.2, 0.25) is 0 Å². The molecule has 2 rings (SSSR count). The van der Waals surface area contributed by atoms with Gasteiger partial charge in [0.25, 0.3) is 0 Å². The van der Waals surface area contributed by atoms with E-state index in [2.05, 4.69) is 6.07 Å². The van der Waals surface area contributed by atoms with Crippen LogP contribution >= 0.6 is 0 Å². The predicted molar refractivity (Wildman–Crippen MR) is 47.7 cm³/mol. The molecule has 59 valence electrons. The normalized spacial score (nSPS) is 10.1. The van der Waals surface area contributed by atoms with E-state index in [0.29, 0.717) is 0 Å². The highest BCUT2D eigenvalue weighted by Crippen LogP contribution is 2.23. The molecule has 0 saturated heterocycles. The Bertz CT molecular complexity index is 360. The second-order valence-corrected chi connectivity index (χ2v) is 2.72. The monoisotopic (exact) mass is 157 g/mol. The van der Waals surface area contributed by atoms with Crippen molar-refractivity contribution in [2.24, 2.45) is 0 Å². The lowest BCUT2D eigenvalue weighted by Gasteiger charge is -1.96. The molecule has 0 aliphatic carbocycles. The minimum atomic E-state index is 0.948. The second-order valence-electron chi connectivity index (χ2n) is 2.72. The Kier molecular flexibility index (Phi) is 1.71. The largest absolute Gasteiger partial charge is 0.464 e. The summed E-state index contributed by atoms with van der Waals surface area (Å²) in [5, 5.41) is 0. The number of aryl methyl sites for hydroxylation is 1. The van der Waals surface area contributed by atoms with Crippen molar-refractivity contribution in [1.82, 2.24) is 0 Å². The molecule has 0 spiro atoms. The Hall–Kier alpha value is -1.50. The molecule has 1 heteroatoms. The molecule has 0 N–H and O–H groups in total. The molecule has 1 heterocycles. The molecule has 0 unspecified atom stereocenters. The van der Waals surface area contributed by atoms with Crippen LogP contribution in [0.15, 0.2) is 41.0 Å². The fourth-order valence-electron chi connectivity index (χ4n) is 1.21. The van der Waals surface area contributed by atoms with Crippen LogP contribution in [0.2, 0.25) is 0 Å². The van der Waals surface area contributed by atoms with Gasteiger partial charge in [-0.1, -0.05) is 24.3 Å². The van der Waals surface area contributed by atoms with E-state index < -0.39 is 0 Å². The topological polar surface area (TPSA) is 13.1 Å². The fourth-order valence-corrected chi connectivity index (χ4v) is 1.21. The van der Waals surface area contributed by atoms with Crippen LogP contribution in [0, 0.1) is 13.0 Å². The Morgan fingerprint density at radius 2 is 1.92 bits per heavy atom. The average molecular weight is 157 g/mol. The third-order valence-corrected chi connectivity index (χ3v) is 1.84. The van der Waals surface area contributed by atoms with Gasteiger partial charge in [-0.2, -0.15) is 0 Å². The summed E-state index contributed by atoms with van der Waals surface area (Å²) in [6, 6.07) is 12.7. The van der Waals surface area contributed by atoms with Gasteiger partial charge in [-0.25, -0.2) is 0 Å². The van der Waals surface area contributed by atoms with Gasteiger partial charge in [0, 0.05) is 5.56 Å². The van der Waals surface area contributed by atoms with Crippen LogP contribution in [0.4, 0.5) is 0 Å². The van der Waals surface area contributed by atoms with Crippen molar-refractivity contribution in [2.45, 2.75) is 6.92 Å². The Morgan fingerprint density at radius 1 is 1.17 bits per heavy atom. The van der Waals surface area contributed by atoms with Gasteiger partial charge < -0.3 is 4.42 Å². The van der Waals surface area contributed by atoms with Crippen molar-refractivity contribution >= 4 is 0 Å².